The molecule has 0 unspecified atom stereocenters. The number of anilines is 1. The zero-order chi connectivity index (χ0) is 22.0. The van der Waals surface area contributed by atoms with Gasteiger partial charge < -0.3 is 0 Å². The van der Waals surface area contributed by atoms with Crippen LogP contribution >= 0.6 is 0 Å². The molecule has 0 aliphatic heterocycles. The maximum absolute atomic E-state index is 13.1. The molecule has 5 nitrogen and oxygen atoms in total. The van der Waals surface area contributed by atoms with Crippen LogP contribution in [-0.4, -0.2) is 20.9 Å². The molecule has 4 aromatic rings. The summed E-state index contributed by atoms with van der Waals surface area (Å²) in [6, 6.07) is 15.6. The molecule has 2 aromatic carbocycles. The Bertz CT molecular complexity index is 1270. The van der Waals surface area contributed by atoms with Crippen molar-refractivity contribution in [1.82, 2.24) is 15.0 Å². The van der Waals surface area contributed by atoms with Gasteiger partial charge in [0.05, 0.1) is 23.2 Å². The SMILES string of the molecule is Cc1ccnc(NC(=O)Cc2cccc3ccc(-c4cccc(C(F)(F)F)c4)nc23)n1. The molecule has 1 N–H and O–H groups in total. The van der Waals surface area contributed by atoms with Gasteiger partial charge in [-0.2, -0.15) is 13.2 Å². The number of halogens is 3. The summed E-state index contributed by atoms with van der Waals surface area (Å²) in [5.74, 6) is -0.104. The van der Waals surface area contributed by atoms with Crippen LogP contribution in [0.2, 0.25) is 0 Å². The molecule has 0 spiro atoms. The number of hydrogen-bond acceptors (Lipinski definition) is 4. The van der Waals surface area contributed by atoms with Gasteiger partial charge in [-0.05, 0) is 36.8 Å². The topological polar surface area (TPSA) is 67.8 Å². The van der Waals surface area contributed by atoms with Gasteiger partial charge in [0.25, 0.3) is 0 Å². The highest BCUT2D eigenvalue weighted by Gasteiger charge is 2.30. The molecule has 0 radical (unpaired) electrons. The fraction of sp³-hybridized carbons (Fsp3) is 0.130. The van der Waals surface area contributed by atoms with Crippen LogP contribution in [0.1, 0.15) is 16.8 Å². The summed E-state index contributed by atoms with van der Waals surface area (Å²) in [5, 5.41) is 3.44. The standard InChI is InChI=1S/C23H17F3N4O/c1-14-10-11-27-22(28-14)30-20(31)13-17-6-2-4-15-8-9-19(29-21(15)17)16-5-3-7-18(12-16)23(24,25)26/h2-12H,13H2,1H3,(H,27,28,30,31). The number of carbonyl (C=O) groups is 1. The second-order valence-corrected chi connectivity index (χ2v) is 7.01. The number of nitrogens with zero attached hydrogens (tertiary/aromatic N) is 3. The van der Waals surface area contributed by atoms with E-state index in [1.807, 2.05) is 6.07 Å². The van der Waals surface area contributed by atoms with E-state index in [9.17, 15) is 18.0 Å². The van der Waals surface area contributed by atoms with Crippen molar-refractivity contribution in [3.05, 3.63) is 83.7 Å². The summed E-state index contributed by atoms with van der Waals surface area (Å²) >= 11 is 0. The second-order valence-electron chi connectivity index (χ2n) is 7.01. The number of fused-ring (bicyclic) bond motifs is 1. The molecule has 2 aromatic heterocycles. The quantitative estimate of drug-likeness (QED) is 0.491. The van der Waals surface area contributed by atoms with E-state index >= 15 is 0 Å². The van der Waals surface area contributed by atoms with E-state index in [-0.39, 0.29) is 18.3 Å². The van der Waals surface area contributed by atoms with Crippen molar-refractivity contribution in [2.75, 3.05) is 5.32 Å². The molecule has 2 heterocycles. The first-order chi connectivity index (χ1) is 14.8. The van der Waals surface area contributed by atoms with Crippen molar-refractivity contribution >= 4 is 22.8 Å². The first-order valence-electron chi connectivity index (χ1n) is 9.45. The van der Waals surface area contributed by atoms with Gasteiger partial charge in [0.1, 0.15) is 0 Å². The van der Waals surface area contributed by atoms with Gasteiger partial charge in [0, 0.05) is 22.8 Å². The fourth-order valence-corrected chi connectivity index (χ4v) is 3.22. The van der Waals surface area contributed by atoms with Crippen LogP contribution in [0.25, 0.3) is 22.2 Å². The zero-order valence-electron chi connectivity index (χ0n) is 16.4. The van der Waals surface area contributed by atoms with Gasteiger partial charge >= 0.3 is 6.18 Å². The highest BCUT2D eigenvalue weighted by atomic mass is 19.4. The van der Waals surface area contributed by atoms with Gasteiger partial charge in [-0.25, -0.2) is 15.0 Å². The minimum atomic E-state index is -4.44. The Labute approximate surface area is 176 Å². The Balaban J connectivity index is 1.66. The first kappa shape index (κ1) is 20.5. The van der Waals surface area contributed by atoms with E-state index in [2.05, 4.69) is 20.3 Å². The number of nitrogens with one attached hydrogen (secondary N) is 1. The maximum Gasteiger partial charge on any atom is 0.416 e. The van der Waals surface area contributed by atoms with E-state index in [0.29, 0.717) is 22.3 Å². The number of aryl methyl sites for hydroxylation is 1. The van der Waals surface area contributed by atoms with Crippen molar-refractivity contribution in [2.24, 2.45) is 0 Å². The van der Waals surface area contributed by atoms with Crippen molar-refractivity contribution in [3.8, 4) is 11.3 Å². The molecule has 0 fully saturated rings. The largest absolute Gasteiger partial charge is 0.416 e. The molecule has 8 heteroatoms. The summed E-state index contributed by atoms with van der Waals surface area (Å²) in [6.07, 6.45) is -2.86. The van der Waals surface area contributed by atoms with Crippen molar-refractivity contribution in [1.29, 1.82) is 0 Å². The van der Waals surface area contributed by atoms with E-state index in [1.165, 1.54) is 6.07 Å². The average molecular weight is 422 g/mol. The Hall–Kier alpha value is -3.81. The van der Waals surface area contributed by atoms with Gasteiger partial charge in [0.15, 0.2) is 0 Å². The molecule has 0 aliphatic rings. The summed E-state index contributed by atoms with van der Waals surface area (Å²) in [5.41, 5.74) is 1.94. The number of benzene rings is 2. The predicted molar refractivity (Wildman–Crippen MR) is 111 cm³/mol. The molecule has 0 saturated heterocycles. The lowest BCUT2D eigenvalue weighted by atomic mass is 10.0. The number of aromatic nitrogens is 3. The van der Waals surface area contributed by atoms with Crippen LogP contribution in [0, 0.1) is 6.92 Å². The van der Waals surface area contributed by atoms with Crippen LogP contribution in [0.5, 0.6) is 0 Å². The smallest absolute Gasteiger partial charge is 0.294 e. The molecule has 31 heavy (non-hydrogen) atoms. The molecule has 0 aliphatic carbocycles. The molecular formula is C23H17F3N4O. The molecular weight excluding hydrogens is 405 g/mol. The summed E-state index contributed by atoms with van der Waals surface area (Å²) in [7, 11) is 0. The van der Waals surface area contributed by atoms with Crippen LogP contribution in [0.4, 0.5) is 19.1 Å². The molecule has 156 valence electrons. The third-order valence-electron chi connectivity index (χ3n) is 4.69. The van der Waals surface area contributed by atoms with Crippen LogP contribution in [-0.2, 0) is 17.4 Å². The Morgan fingerprint density at radius 2 is 1.81 bits per heavy atom. The number of rotatable bonds is 4. The normalized spacial score (nSPS) is 11.5. The summed E-state index contributed by atoms with van der Waals surface area (Å²) in [4.78, 5) is 25.2. The molecule has 4 rings (SSSR count). The summed E-state index contributed by atoms with van der Waals surface area (Å²) < 4.78 is 39.2. The fourth-order valence-electron chi connectivity index (χ4n) is 3.22. The van der Waals surface area contributed by atoms with Crippen LogP contribution < -0.4 is 5.32 Å². The minimum Gasteiger partial charge on any atom is -0.294 e. The second kappa shape index (κ2) is 8.14. The molecule has 0 atom stereocenters. The monoisotopic (exact) mass is 422 g/mol. The van der Waals surface area contributed by atoms with E-state index in [0.717, 1.165) is 23.2 Å². The van der Waals surface area contributed by atoms with E-state index < -0.39 is 11.7 Å². The maximum atomic E-state index is 13.1. The highest BCUT2D eigenvalue weighted by molar-refractivity contribution is 5.94. The Kier molecular flexibility index (Phi) is 5.37. The minimum absolute atomic E-state index is 0.0215. The zero-order valence-corrected chi connectivity index (χ0v) is 16.4. The van der Waals surface area contributed by atoms with Crippen LogP contribution in [0.3, 0.4) is 0 Å². The van der Waals surface area contributed by atoms with Crippen molar-refractivity contribution < 1.29 is 18.0 Å². The van der Waals surface area contributed by atoms with Gasteiger partial charge in [-0.3, -0.25) is 10.1 Å². The molecule has 0 bridgehead atoms. The van der Waals surface area contributed by atoms with E-state index in [4.69, 9.17) is 0 Å². The average Bonchev–Trinajstić information content (AvgIpc) is 2.73. The van der Waals surface area contributed by atoms with Crippen molar-refractivity contribution in [2.45, 2.75) is 19.5 Å². The Morgan fingerprint density at radius 1 is 1.00 bits per heavy atom. The Morgan fingerprint density at radius 3 is 2.58 bits per heavy atom. The predicted octanol–water partition coefficient (Wildman–Crippen LogP) is 5.20. The molecule has 1 amide bonds. The number of pyridine rings is 1. The van der Waals surface area contributed by atoms with Gasteiger partial charge in [-0.1, -0.05) is 36.4 Å². The van der Waals surface area contributed by atoms with Gasteiger partial charge in [-0.15, -0.1) is 0 Å². The lowest BCUT2D eigenvalue weighted by Crippen LogP contribution is -2.16. The summed E-state index contributed by atoms with van der Waals surface area (Å²) in [6.45, 7) is 1.79. The van der Waals surface area contributed by atoms with Crippen molar-refractivity contribution in [3.63, 3.8) is 0 Å². The number of hydrogen-bond donors (Lipinski definition) is 1. The van der Waals surface area contributed by atoms with Gasteiger partial charge in [0.2, 0.25) is 11.9 Å². The third-order valence-corrected chi connectivity index (χ3v) is 4.69. The molecule has 0 saturated carbocycles. The first-order valence-corrected chi connectivity index (χ1v) is 9.45. The number of amides is 1. The highest BCUT2D eigenvalue weighted by Crippen LogP contribution is 2.32. The number of para-hydroxylation sites is 1. The third kappa shape index (κ3) is 4.69. The number of alkyl halides is 3. The van der Waals surface area contributed by atoms with E-state index in [1.54, 1.807) is 49.5 Å². The van der Waals surface area contributed by atoms with Crippen LogP contribution in [0.15, 0.2) is 66.9 Å². The lowest BCUT2D eigenvalue weighted by Gasteiger charge is -2.11. The lowest BCUT2D eigenvalue weighted by molar-refractivity contribution is -0.137. The number of carbonyl (C=O) groups excluding carboxylic acids is 1.